The lowest BCUT2D eigenvalue weighted by Crippen LogP contribution is -2.28. The first-order valence-corrected chi connectivity index (χ1v) is 5.44. The summed E-state index contributed by atoms with van der Waals surface area (Å²) in [5, 5.41) is 5.19. The van der Waals surface area contributed by atoms with Crippen LogP contribution in [0.5, 0.6) is 0 Å². The average Bonchev–Trinajstić information content (AvgIpc) is 2.38. The largest absolute Gasteiger partial charge is 0.334 e. The predicted octanol–water partition coefficient (Wildman–Crippen LogP) is 2.54. The molecular formula is C13H12FN3O. The normalized spacial score (nSPS) is 9.83. The van der Waals surface area contributed by atoms with Gasteiger partial charge in [-0.3, -0.25) is 5.32 Å². The molecule has 0 atom stereocenters. The molecule has 0 spiro atoms. The minimum absolute atomic E-state index is 0.260. The van der Waals surface area contributed by atoms with Gasteiger partial charge < -0.3 is 5.32 Å². The Labute approximate surface area is 104 Å². The summed E-state index contributed by atoms with van der Waals surface area (Å²) in [5.41, 5.74) is 0.700. The van der Waals surface area contributed by atoms with Crippen LogP contribution in [0.25, 0.3) is 0 Å². The van der Waals surface area contributed by atoms with Crippen LogP contribution in [0.4, 0.5) is 15.0 Å². The average molecular weight is 245 g/mol. The maximum Gasteiger partial charge on any atom is 0.320 e. The molecule has 2 amide bonds. The third-order valence-corrected chi connectivity index (χ3v) is 2.25. The van der Waals surface area contributed by atoms with E-state index in [-0.39, 0.29) is 18.4 Å². The van der Waals surface area contributed by atoms with Gasteiger partial charge in [-0.05, 0) is 29.8 Å². The van der Waals surface area contributed by atoms with Crippen molar-refractivity contribution in [2.75, 3.05) is 5.32 Å². The number of carbonyl (C=O) groups excluding carboxylic acids is 1. The Balaban J connectivity index is 1.85. The molecule has 1 aromatic carbocycles. The summed E-state index contributed by atoms with van der Waals surface area (Å²) in [5.74, 6) is 0.147. The van der Waals surface area contributed by atoms with Crippen LogP contribution >= 0.6 is 0 Å². The van der Waals surface area contributed by atoms with Crippen LogP contribution in [0.3, 0.4) is 0 Å². The van der Waals surface area contributed by atoms with E-state index >= 15 is 0 Å². The first-order valence-electron chi connectivity index (χ1n) is 5.44. The van der Waals surface area contributed by atoms with Crippen LogP contribution < -0.4 is 10.6 Å². The van der Waals surface area contributed by atoms with Crippen molar-refractivity contribution in [1.82, 2.24) is 10.3 Å². The summed E-state index contributed by atoms with van der Waals surface area (Å²) in [4.78, 5) is 15.5. The predicted molar refractivity (Wildman–Crippen MR) is 66.5 cm³/mol. The van der Waals surface area contributed by atoms with Crippen LogP contribution in [0.1, 0.15) is 5.56 Å². The summed E-state index contributed by atoms with van der Waals surface area (Å²) in [6.07, 6.45) is 1.59. The molecule has 0 aliphatic heterocycles. The molecule has 0 fully saturated rings. The van der Waals surface area contributed by atoms with Crippen molar-refractivity contribution in [3.63, 3.8) is 0 Å². The number of nitrogens with zero attached hydrogens (tertiary/aromatic N) is 1. The monoisotopic (exact) mass is 245 g/mol. The number of nitrogens with one attached hydrogen (secondary N) is 2. The minimum Gasteiger partial charge on any atom is -0.334 e. The van der Waals surface area contributed by atoms with Gasteiger partial charge in [0.2, 0.25) is 0 Å². The van der Waals surface area contributed by atoms with Gasteiger partial charge in [-0.2, -0.15) is 0 Å². The quantitative estimate of drug-likeness (QED) is 0.873. The molecule has 2 N–H and O–H groups in total. The molecule has 0 saturated heterocycles. The van der Waals surface area contributed by atoms with Gasteiger partial charge in [-0.25, -0.2) is 14.2 Å². The molecule has 0 bridgehead atoms. The number of benzene rings is 1. The number of pyridine rings is 1. The zero-order valence-corrected chi connectivity index (χ0v) is 9.56. The fourth-order valence-electron chi connectivity index (χ4n) is 1.43. The lowest BCUT2D eigenvalue weighted by Gasteiger charge is -2.06. The van der Waals surface area contributed by atoms with E-state index in [1.165, 1.54) is 12.1 Å². The summed E-state index contributed by atoms with van der Waals surface area (Å²) in [6, 6.07) is 10.9. The van der Waals surface area contributed by atoms with E-state index in [1.807, 2.05) is 0 Å². The highest BCUT2D eigenvalue weighted by molar-refractivity contribution is 5.88. The fourth-order valence-corrected chi connectivity index (χ4v) is 1.43. The zero-order chi connectivity index (χ0) is 12.8. The number of hydrogen-bond acceptors (Lipinski definition) is 2. The molecule has 1 heterocycles. The fraction of sp³-hybridized carbons (Fsp3) is 0.0769. The van der Waals surface area contributed by atoms with Crippen molar-refractivity contribution < 1.29 is 9.18 Å². The maximum absolute atomic E-state index is 12.9. The van der Waals surface area contributed by atoms with Gasteiger partial charge in [-0.1, -0.05) is 18.2 Å². The third kappa shape index (κ3) is 3.55. The molecule has 18 heavy (non-hydrogen) atoms. The SMILES string of the molecule is O=C(NCc1cccc(F)c1)Nc1ccccn1. The van der Waals surface area contributed by atoms with Crippen molar-refractivity contribution in [2.24, 2.45) is 0 Å². The number of urea groups is 1. The summed E-state index contributed by atoms with van der Waals surface area (Å²) in [6.45, 7) is 0.260. The molecule has 5 heteroatoms. The highest BCUT2D eigenvalue weighted by atomic mass is 19.1. The molecule has 1 aromatic heterocycles. The maximum atomic E-state index is 12.9. The van der Waals surface area contributed by atoms with E-state index < -0.39 is 0 Å². The van der Waals surface area contributed by atoms with Crippen molar-refractivity contribution in [3.05, 3.63) is 60.0 Å². The molecule has 2 rings (SSSR count). The van der Waals surface area contributed by atoms with Gasteiger partial charge >= 0.3 is 6.03 Å². The van der Waals surface area contributed by atoms with E-state index in [0.29, 0.717) is 11.4 Å². The highest BCUT2D eigenvalue weighted by Gasteiger charge is 2.02. The van der Waals surface area contributed by atoms with Gasteiger partial charge in [-0.15, -0.1) is 0 Å². The lowest BCUT2D eigenvalue weighted by molar-refractivity contribution is 0.251. The number of carbonyl (C=O) groups is 1. The zero-order valence-electron chi connectivity index (χ0n) is 9.56. The second kappa shape index (κ2) is 5.77. The molecule has 0 saturated carbocycles. The van der Waals surface area contributed by atoms with E-state index in [2.05, 4.69) is 15.6 Å². The molecule has 4 nitrogen and oxygen atoms in total. The third-order valence-electron chi connectivity index (χ3n) is 2.25. The first-order chi connectivity index (χ1) is 8.74. The second-order valence-corrected chi connectivity index (χ2v) is 3.65. The summed E-state index contributed by atoms with van der Waals surface area (Å²) in [7, 11) is 0. The van der Waals surface area contributed by atoms with Gasteiger partial charge in [0.1, 0.15) is 11.6 Å². The van der Waals surface area contributed by atoms with Crippen molar-refractivity contribution in [1.29, 1.82) is 0 Å². The number of anilines is 1. The first kappa shape index (κ1) is 12.0. The molecule has 0 radical (unpaired) electrons. The molecule has 92 valence electrons. The number of rotatable bonds is 3. The Morgan fingerprint density at radius 2 is 2.11 bits per heavy atom. The highest BCUT2D eigenvalue weighted by Crippen LogP contribution is 2.03. The van der Waals surface area contributed by atoms with Gasteiger partial charge in [0.15, 0.2) is 0 Å². The standard InChI is InChI=1S/C13H12FN3O/c14-11-5-3-4-10(8-11)9-16-13(18)17-12-6-1-2-7-15-12/h1-8H,9H2,(H2,15,16,17,18). The summed E-state index contributed by atoms with van der Waals surface area (Å²) < 4.78 is 12.9. The van der Waals surface area contributed by atoms with E-state index in [0.717, 1.165) is 0 Å². The Morgan fingerprint density at radius 3 is 2.83 bits per heavy atom. The van der Waals surface area contributed by atoms with Crippen LogP contribution in [0.2, 0.25) is 0 Å². The number of halogens is 1. The number of aromatic nitrogens is 1. The topological polar surface area (TPSA) is 54.0 Å². The molecular weight excluding hydrogens is 233 g/mol. The van der Waals surface area contributed by atoms with Crippen molar-refractivity contribution in [3.8, 4) is 0 Å². The van der Waals surface area contributed by atoms with E-state index in [9.17, 15) is 9.18 Å². The molecule has 0 unspecified atom stereocenters. The van der Waals surface area contributed by atoms with Crippen LogP contribution in [-0.2, 0) is 6.54 Å². The number of amides is 2. The van der Waals surface area contributed by atoms with Gasteiger partial charge in [0.05, 0.1) is 0 Å². The van der Waals surface area contributed by atoms with Crippen LogP contribution in [0.15, 0.2) is 48.7 Å². The van der Waals surface area contributed by atoms with Crippen LogP contribution in [0, 0.1) is 5.82 Å². The molecule has 0 aliphatic carbocycles. The Kier molecular flexibility index (Phi) is 3.86. The Morgan fingerprint density at radius 1 is 1.22 bits per heavy atom. The second-order valence-electron chi connectivity index (χ2n) is 3.65. The Hall–Kier alpha value is -2.43. The smallest absolute Gasteiger partial charge is 0.320 e. The molecule has 2 aromatic rings. The molecule has 0 aliphatic rings. The number of hydrogen-bond donors (Lipinski definition) is 2. The van der Waals surface area contributed by atoms with E-state index in [1.54, 1.807) is 36.5 Å². The van der Waals surface area contributed by atoms with E-state index in [4.69, 9.17) is 0 Å². The Bertz CT molecular complexity index is 531. The van der Waals surface area contributed by atoms with Gasteiger partial charge in [0, 0.05) is 12.7 Å². The minimum atomic E-state index is -0.377. The van der Waals surface area contributed by atoms with Crippen molar-refractivity contribution >= 4 is 11.8 Å². The van der Waals surface area contributed by atoms with Crippen LogP contribution in [-0.4, -0.2) is 11.0 Å². The lowest BCUT2D eigenvalue weighted by atomic mass is 10.2. The summed E-state index contributed by atoms with van der Waals surface area (Å²) >= 11 is 0. The van der Waals surface area contributed by atoms with Crippen molar-refractivity contribution in [2.45, 2.75) is 6.54 Å². The van der Waals surface area contributed by atoms with Gasteiger partial charge in [0.25, 0.3) is 0 Å².